The molecule has 0 atom stereocenters. The molecule has 0 unspecified atom stereocenters. The summed E-state index contributed by atoms with van der Waals surface area (Å²) in [4.78, 5) is 14.7. The van der Waals surface area contributed by atoms with E-state index >= 15 is 0 Å². The molecule has 1 heterocycles. The number of aromatic nitrogens is 2. The molecule has 0 amide bonds. The second kappa shape index (κ2) is 5.50. The van der Waals surface area contributed by atoms with Crippen molar-refractivity contribution in [2.45, 2.75) is 6.54 Å². The van der Waals surface area contributed by atoms with Crippen LogP contribution in [-0.4, -0.2) is 22.4 Å². The van der Waals surface area contributed by atoms with E-state index in [-0.39, 0.29) is 0 Å². The molecule has 2 rings (SSSR count). The van der Waals surface area contributed by atoms with Gasteiger partial charge in [0.1, 0.15) is 12.4 Å². The summed E-state index contributed by atoms with van der Waals surface area (Å²) in [5, 5.41) is 0.445. The molecule has 5 heteroatoms. The lowest BCUT2D eigenvalue weighted by atomic mass is 10.2. The molecule has 0 radical (unpaired) electrons. The normalized spacial score (nSPS) is 10.2. The van der Waals surface area contributed by atoms with Gasteiger partial charge in [-0.15, -0.1) is 0 Å². The molecular weight excluding hydrogens is 240 g/mol. The van der Waals surface area contributed by atoms with Gasteiger partial charge >= 0.3 is 0 Å². The standard InChI is InChI=1S/C12H11ClN2O2/c13-11-3-1-2-10(8-16)12(11)17-7-6-15-5-4-14-9-15/h1-5,8-9H,6-7H2. The summed E-state index contributed by atoms with van der Waals surface area (Å²) in [6.45, 7) is 1.09. The molecule has 0 aliphatic rings. The number of para-hydroxylation sites is 1. The summed E-state index contributed by atoms with van der Waals surface area (Å²) in [6, 6.07) is 5.08. The van der Waals surface area contributed by atoms with E-state index < -0.39 is 0 Å². The lowest BCUT2D eigenvalue weighted by molar-refractivity contribution is 0.111. The second-order valence-electron chi connectivity index (χ2n) is 3.43. The van der Waals surface area contributed by atoms with Crippen molar-refractivity contribution in [1.29, 1.82) is 0 Å². The monoisotopic (exact) mass is 250 g/mol. The molecule has 0 saturated carbocycles. The molecule has 0 spiro atoms. The minimum atomic E-state index is 0.431. The van der Waals surface area contributed by atoms with Crippen LogP contribution in [0.5, 0.6) is 5.75 Å². The maximum atomic E-state index is 10.8. The number of nitrogens with zero attached hydrogens (tertiary/aromatic N) is 2. The highest BCUT2D eigenvalue weighted by Gasteiger charge is 2.07. The van der Waals surface area contributed by atoms with Crippen molar-refractivity contribution >= 4 is 17.9 Å². The van der Waals surface area contributed by atoms with Crippen LogP contribution in [0.15, 0.2) is 36.9 Å². The van der Waals surface area contributed by atoms with Gasteiger partial charge in [0.2, 0.25) is 0 Å². The van der Waals surface area contributed by atoms with Crippen LogP contribution >= 0.6 is 11.6 Å². The number of ether oxygens (including phenoxy) is 1. The van der Waals surface area contributed by atoms with Crippen molar-refractivity contribution in [1.82, 2.24) is 9.55 Å². The Morgan fingerprint density at radius 3 is 3.06 bits per heavy atom. The lowest BCUT2D eigenvalue weighted by Gasteiger charge is -2.10. The number of hydrogen-bond donors (Lipinski definition) is 0. The summed E-state index contributed by atoms with van der Waals surface area (Å²) >= 11 is 5.97. The van der Waals surface area contributed by atoms with Crippen molar-refractivity contribution < 1.29 is 9.53 Å². The van der Waals surface area contributed by atoms with Crippen LogP contribution in [-0.2, 0) is 6.54 Å². The number of carbonyl (C=O) groups is 1. The number of hydrogen-bond acceptors (Lipinski definition) is 3. The van der Waals surface area contributed by atoms with E-state index in [9.17, 15) is 4.79 Å². The number of carbonyl (C=O) groups excluding carboxylic acids is 1. The molecule has 0 bridgehead atoms. The Hall–Kier alpha value is -1.81. The van der Waals surface area contributed by atoms with E-state index in [0.717, 1.165) is 6.29 Å². The van der Waals surface area contributed by atoms with Gasteiger partial charge in [0.05, 0.1) is 23.5 Å². The van der Waals surface area contributed by atoms with Crippen molar-refractivity contribution in [2.24, 2.45) is 0 Å². The molecule has 2 aromatic rings. The van der Waals surface area contributed by atoms with Gasteiger partial charge in [0.25, 0.3) is 0 Å². The number of halogens is 1. The van der Waals surface area contributed by atoms with Gasteiger partial charge in [-0.2, -0.15) is 0 Å². The van der Waals surface area contributed by atoms with Crippen LogP contribution < -0.4 is 4.74 Å². The third-order valence-electron chi connectivity index (χ3n) is 2.28. The molecule has 17 heavy (non-hydrogen) atoms. The number of rotatable bonds is 5. The molecule has 88 valence electrons. The van der Waals surface area contributed by atoms with Crippen LogP contribution in [0.2, 0.25) is 5.02 Å². The first-order chi connectivity index (χ1) is 8.31. The van der Waals surface area contributed by atoms with Crippen molar-refractivity contribution in [3.05, 3.63) is 47.5 Å². The molecule has 0 fully saturated rings. The van der Waals surface area contributed by atoms with E-state index in [1.54, 1.807) is 30.7 Å². The van der Waals surface area contributed by atoms with Gasteiger partial charge in [-0.25, -0.2) is 4.98 Å². The smallest absolute Gasteiger partial charge is 0.153 e. The van der Waals surface area contributed by atoms with Gasteiger partial charge in [-0.3, -0.25) is 4.79 Å². The minimum absolute atomic E-state index is 0.431. The number of imidazole rings is 1. The van der Waals surface area contributed by atoms with Crippen LogP contribution in [0.25, 0.3) is 0 Å². The second-order valence-corrected chi connectivity index (χ2v) is 3.83. The summed E-state index contributed by atoms with van der Waals surface area (Å²) in [7, 11) is 0. The SMILES string of the molecule is O=Cc1cccc(Cl)c1OCCn1ccnc1. The van der Waals surface area contributed by atoms with Gasteiger partial charge < -0.3 is 9.30 Å². The van der Waals surface area contributed by atoms with Crippen molar-refractivity contribution in [2.75, 3.05) is 6.61 Å². The van der Waals surface area contributed by atoms with Crippen LogP contribution in [0.4, 0.5) is 0 Å². The molecule has 1 aromatic heterocycles. The maximum Gasteiger partial charge on any atom is 0.153 e. The fourth-order valence-electron chi connectivity index (χ4n) is 1.44. The number of aldehydes is 1. The largest absolute Gasteiger partial charge is 0.489 e. The third kappa shape index (κ3) is 2.85. The fraction of sp³-hybridized carbons (Fsp3) is 0.167. The first-order valence-electron chi connectivity index (χ1n) is 5.13. The highest BCUT2D eigenvalue weighted by molar-refractivity contribution is 6.32. The Labute approximate surface area is 104 Å². The van der Waals surface area contributed by atoms with E-state index in [4.69, 9.17) is 16.3 Å². The highest BCUT2D eigenvalue weighted by Crippen LogP contribution is 2.27. The molecule has 0 saturated heterocycles. The molecule has 0 aliphatic heterocycles. The zero-order chi connectivity index (χ0) is 12.1. The molecule has 0 N–H and O–H groups in total. The quantitative estimate of drug-likeness (QED) is 0.766. The fourth-order valence-corrected chi connectivity index (χ4v) is 1.68. The summed E-state index contributed by atoms with van der Waals surface area (Å²) in [5.41, 5.74) is 0.461. The summed E-state index contributed by atoms with van der Waals surface area (Å²) in [6.07, 6.45) is 5.98. The predicted molar refractivity (Wildman–Crippen MR) is 64.6 cm³/mol. The Morgan fingerprint density at radius 2 is 2.35 bits per heavy atom. The Morgan fingerprint density at radius 1 is 1.47 bits per heavy atom. The first kappa shape index (κ1) is 11.7. The van der Waals surface area contributed by atoms with Gasteiger partial charge in [-0.05, 0) is 12.1 Å². The topological polar surface area (TPSA) is 44.1 Å². The first-order valence-corrected chi connectivity index (χ1v) is 5.51. The zero-order valence-corrected chi connectivity index (χ0v) is 9.80. The molecule has 0 aliphatic carbocycles. The maximum absolute atomic E-state index is 10.8. The number of benzene rings is 1. The van der Waals surface area contributed by atoms with Crippen LogP contribution in [0, 0.1) is 0 Å². The van der Waals surface area contributed by atoms with E-state index in [0.29, 0.717) is 29.5 Å². The summed E-state index contributed by atoms with van der Waals surface area (Å²) in [5.74, 6) is 0.435. The van der Waals surface area contributed by atoms with E-state index in [1.807, 2.05) is 10.8 Å². The third-order valence-corrected chi connectivity index (χ3v) is 2.58. The van der Waals surface area contributed by atoms with E-state index in [2.05, 4.69) is 4.98 Å². The Balaban J connectivity index is 2.01. The molecular formula is C12H11ClN2O2. The predicted octanol–water partition coefficient (Wildman–Crippen LogP) is 2.43. The Kier molecular flexibility index (Phi) is 3.77. The van der Waals surface area contributed by atoms with E-state index in [1.165, 1.54) is 0 Å². The van der Waals surface area contributed by atoms with Crippen LogP contribution in [0.3, 0.4) is 0 Å². The van der Waals surface area contributed by atoms with Gasteiger partial charge in [0, 0.05) is 12.4 Å². The molecule has 1 aromatic carbocycles. The van der Waals surface area contributed by atoms with Crippen molar-refractivity contribution in [3.63, 3.8) is 0 Å². The van der Waals surface area contributed by atoms with Gasteiger partial charge in [0.15, 0.2) is 6.29 Å². The highest BCUT2D eigenvalue weighted by atomic mass is 35.5. The lowest BCUT2D eigenvalue weighted by Crippen LogP contribution is -2.07. The average Bonchev–Trinajstić information content (AvgIpc) is 2.84. The average molecular weight is 251 g/mol. The zero-order valence-electron chi connectivity index (χ0n) is 9.04. The minimum Gasteiger partial charge on any atom is -0.489 e. The molecule has 4 nitrogen and oxygen atoms in total. The van der Waals surface area contributed by atoms with Gasteiger partial charge in [-0.1, -0.05) is 17.7 Å². The summed E-state index contributed by atoms with van der Waals surface area (Å²) < 4.78 is 7.41. The van der Waals surface area contributed by atoms with Crippen LogP contribution in [0.1, 0.15) is 10.4 Å². The van der Waals surface area contributed by atoms with Crippen molar-refractivity contribution in [3.8, 4) is 5.75 Å². The Bertz CT molecular complexity index is 497.